The summed E-state index contributed by atoms with van der Waals surface area (Å²) in [5.41, 5.74) is 3.48. The molecular weight excluding hydrogens is 386 g/mol. The molecule has 160 valence electrons. The summed E-state index contributed by atoms with van der Waals surface area (Å²) in [6, 6.07) is 26.7. The number of methoxy groups -OCH3 is 1. The maximum Gasteiger partial charge on any atom is 0.162 e. The largest absolute Gasteiger partial charge is 0.493 e. The van der Waals surface area contributed by atoms with E-state index >= 15 is 0 Å². The number of benzene rings is 3. The molecule has 0 radical (unpaired) electrons. The van der Waals surface area contributed by atoms with Crippen LogP contribution in [0.2, 0.25) is 0 Å². The Bertz CT molecular complexity index is 968. The van der Waals surface area contributed by atoms with E-state index in [1.54, 1.807) is 7.11 Å². The van der Waals surface area contributed by atoms with Gasteiger partial charge < -0.3 is 9.47 Å². The third kappa shape index (κ3) is 6.09. The Hall–Kier alpha value is -3.31. The second kappa shape index (κ2) is 10.6. The van der Waals surface area contributed by atoms with E-state index in [1.165, 1.54) is 5.56 Å². The van der Waals surface area contributed by atoms with Crippen molar-refractivity contribution in [1.82, 2.24) is 9.91 Å². The van der Waals surface area contributed by atoms with Crippen LogP contribution in [0.25, 0.3) is 0 Å². The summed E-state index contributed by atoms with van der Waals surface area (Å²) in [6.45, 7) is 5.38. The van der Waals surface area contributed by atoms with Crippen LogP contribution in [0.4, 0.5) is 0 Å². The zero-order valence-corrected chi connectivity index (χ0v) is 18.0. The van der Waals surface area contributed by atoms with Gasteiger partial charge in [-0.15, -0.1) is 0 Å². The quantitative estimate of drug-likeness (QED) is 0.510. The first-order chi connectivity index (χ1) is 15.3. The van der Waals surface area contributed by atoms with Crippen LogP contribution in [-0.4, -0.2) is 49.4 Å². The van der Waals surface area contributed by atoms with Crippen molar-refractivity contribution in [2.75, 3.05) is 33.3 Å². The summed E-state index contributed by atoms with van der Waals surface area (Å²) < 4.78 is 11.5. The molecule has 0 aliphatic carbocycles. The van der Waals surface area contributed by atoms with Gasteiger partial charge in [-0.3, -0.25) is 9.91 Å². The highest BCUT2D eigenvalue weighted by molar-refractivity contribution is 5.80. The highest BCUT2D eigenvalue weighted by Gasteiger charge is 2.15. The average Bonchev–Trinajstić information content (AvgIpc) is 2.83. The van der Waals surface area contributed by atoms with Crippen LogP contribution < -0.4 is 9.47 Å². The van der Waals surface area contributed by atoms with Gasteiger partial charge in [-0.2, -0.15) is 5.10 Å². The standard InChI is InChI=1S/C26H29N3O2/c1-30-25-13-12-24(18-26(25)31-21-23-10-6-3-7-11-23)19-27-29-16-14-28(15-17-29)20-22-8-4-2-5-9-22/h2-13,18-19H,14-17,20-21H2,1H3. The Morgan fingerprint density at radius 2 is 1.48 bits per heavy atom. The molecule has 1 fully saturated rings. The Kier molecular flexibility index (Phi) is 7.19. The molecule has 0 atom stereocenters. The second-order valence-electron chi connectivity index (χ2n) is 7.64. The van der Waals surface area contributed by atoms with Gasteiger partial charge in [-0.1, -0.05) is 60.7 Å². The summed E-state index contributed by atoms with van der Waals surface area (Å²) in [5, 5.41) is 6.83. The topological polar surface area (TPSA) is 37.3 Å². The highest BCUT2D eigenvalue weighted by Crippen LogP contribution is 2.28. The molecule has 0 N–H and O–H groups in total. The molecule has 1 heterocycles. The molecule has 1 aliphatic rings. The summed E-state index contributed by atoms with van der Waals surface area (Å²) >= 11 is 0. The summed E-state index contributed by atoms with van der Waals surface area (Å²) in [7, 11) is 1.66. The monoisotopic (exact) mass is 415 g/mol. The van der Waals surface area contributed by atoms with Crippen molar-refractivity contribution in [3.63, 3.8) is 0 Å². The maximum atomic E-state index is 6.01. The molecule has 0 amide bonds. The van der Waals surface area contributed by atoms with Gasteiger partial charge in [0.05, 0.1) is 13.3 Å². The minimum atomic E-state index is 0.501. The van der Waals surface area contributed by atoms with E-state index in [1.807, 2.05) is 42.6 Å². The van der Waals surface area contributed by atoms with Gasteiger partial charge >= 0.3 is 0 Å². The van der Waals surface area contributed by atoms with E-state index in [4.69, 9.17) is 14.6 Å². The SMILES string of the molecule is COc1ccc(C=NN2CCN(Cc3ccccc3)CC2)cc1OCc1ccccc1. The van der Waals surface area contributed by atoms with Crippen molar-refractivity contribution in [1.29, 1.82) is 0 Å². The number of hydrogen-bond acceptors (Lipinski definition) is 5. The fourth-order valence-corrected chi connectivity index (χ4v) is 3.62. The Morgan fingerprint density at radius 3 is 2.16 bits per heavy atom. The van der Waals surface area contributed by atoms with Crippen LogP contribution in [0.15, 0.2) is 84.0 Å². The lowest BCUT2D eigenvalue weighted by Gasteiger charge is -2.33. The first-order valence-corrected chi connectivity index (χ1v) is 10.7. The fourth-order valence-electron chi connectivity index (χ4n) is 3.62. The molecule has 31 heavy (non-hydrogen) atoms. The van der Waals surface area contributed by atoms with Crippen molar-refractivity contribution in [3.05, 3.63) is 95.6 Å². The lowest BCUT2D eigenvalue weighted by atomic mass is 10.2. The van der Waals surface area contributed by atoms with Crippen LogP contribution >= 0.6 is 0 Å². The normalized spacial score (nSPS) is 14.7. The maximum absolute atomic E-state index is 6.01. The van der Waals surface area contributed by atoms with E-state index < -0.39 is 0 Å². The molecule has 0 unspecified atom stereocenters. The Balaban J connectivity index is 1.32. The van der Waals surface area contributed by atoms with Gasteiger partial charge in [0.25, 0.3) is 0 Å². The molecular formula is C26H29N3O2. The third-order valence-corrected chi connectivity index (χ3v) is 5.39. The van der Waals surface area contributed by atoms with Crippen molar-refractivity contribution in [3.8, 4) is 11.5 Å². The summed E-state index contributed by atoms with van der Waals surface area (Å²) in [6.07, 6.45) is 1.90. The molecule has 4 rings (SSSR count). The van der Waals surface area contributed by atoms with Crippen molar-refractivity contribution < 1.29 is 9.47 Å². The number of hydrogen-bond donors (Lipinski definition) is 0. The molecule has 5 heteroatoms. The molecule has 3 aromatic carbocycles. The molecule has 0 saturated carbocycles. The van der Waals surface area contributed by atoms with Gasteiger partial charge in [0.2, 0.25) is 0 Å². The van der Waals surface area contributed by atoms with Gasteiger partial charge in [-0.05, 0) is 34.9 Å². The Labute approximate surface area is 184 Å². The van der Waals surface area contributed by atoms with Gasteiger partial charge in [0.15, 0.2) is 11.5 Å². The molecule has 0 bridgehead atoms. The summed E-state index contributed by atoms with van der Waals surface area (Å²) in [4.78, 5) is 2.48. The highest BCUT2D eigenvalue weighted by atomic mass is 16.5. The van der Waals surface area contributed by atoms with E-state index in [0.29, 0.717) is 6.61 Å². The number of hydrazone groups is 1. The van der Waals surface area contributed by atoms with E-state index in [-0.39, 0.29) is 0 Å². The molecule has 5 nitrogen and oxygen atoms in total. The van der Waals surface area contributed by atoms with Gasteiger partial charge in [0, 0.05) is 32.7 Å². The predicted molar refractivity (Wildman–Crippen MR) is 125 cm³/mol. The number of rotatable bonds is 8. The third-order valence-electron chi connectivity index (χ3n) is 5.39. The molecule has 1 saturated heterocycles. The van der Waals surface area contributed by atoms with Crippen LogP contribution in [0.1, 0.15) is 16.7 Å². The van der Waals surface area contributed by atoms with E-state index in [0.717, 1.165) is 55.3 Å². The lowest BCUT2D eigenvalue weighted by Crippen LogP contribution is -2.43. The van der Waals surface area contributed by atoms with Crippen LogP contribution in [0.5, 0.6) is 11.5 Å². The Morgan fingerprint density at radius 1 is 0.806 bits per heavy atom. The minimum absolute atomic E-state index is 0.501. The second-order valence-corrected chi connectivity index (χ2v) is 7.64. The smallest absolute Gasteiger partial charge is 0.162 e. The zero-order chi connectivity index (χ0) is 21.3. The summed E-state index contributed by atoms with van der Waals surface area (Å²) in [5.74, 6) is 1.45. The predicted octanol–water partition coefficient (Wildman–Crippen LogP) is 4.43. The molecule has 1 aliphatic heterocycles. The number of piperazine rings is 1. The lowest BCUT2D eigenvalue weighted by molar-refractivity contribution is 0.131. The van der Waals surface area contributed by atoms with Crippen LogP contribution in [0, 0.1) is 0 Å². The van der Waals surface area contributed by atoms with Crippen LogP contribution in [0.3, 0.4) is 0 Å². The number of ether oxygens (including phenoxy) is 2. The molecule has 0 aromatic heterocycles. The van der Waals surface area contributed by atoms with Crippen molar-refractivity contribution in [2.24, 2.45) is 5.10 Å². The minimum Gasteiger partial charge on any atom is -0.493 e. The first-order valence-electron chi connectivity index (χ1n) is 10.7. The van der Waals surface area contributed by atoms with Crippen molar-refractivity contribution >= 4 is 6.21 Å². The van der Waals surface area contributed by atoms with Gasteiger partial charge in [-0.25, -0.2) is 0 Å². The number of nitrogens with zero attached hydrogens (tertiary/aromatic N) is 3. The van der Waals surface area contributed by atoms with Crippen molar-refractivity contribution in [2.45, 2.75) is 13.2 Å². The van der Waals surface area contributed by atoms with E-state index in [2.05, 4.69) is 52.4 Å². The molecule has 3 aromatic rings. The zero-order valence-electron chi connectivity index (χ0n) is 18.0. The fraction of sp³-hybridized carbons (Fsp3) is 0.269. The molecule has 0 spiro atoms. The van der Waals surface area contributed by atoms with Crippen LogP contribution in [-0.2, 0) is 13.2 Å². The van der Waals surface area contributed by atoms with E-state index in [9.17, 15) is 0 Å². The average molecular weight is 416 g/mol. The first kappa shape index (κ1) is 20.9. The van der Waals surface area contributed by atoms with Gasteiger partial charge in [0.1, 0.15) is 6.61 Å².